The maximum atomic E-state index is 13.8. The molecule has 2 N–H and O–H groups in total. The van der Waals surface area contributed by atoms with Crippen molar-refractivity contribution < 1.29 is 9.50 Å². The summed E-state index contributed by atoms with van der Waals surface area (Å²) in [7, 11) is 0. The van der Waals surface area contributed by atoms with E-state index in [0.29, 0.717) is 18.0 Å². The molecule has 3 unspecified atom stereocenters. The molecule has 2 nitrogen and oxygen atoms in total. The van der Waals surface area contributed by atoms with Gasteiger partial charge in [-0.1, -0.05) is 35.7 Å². The predicted molar refractivity (Wildman–Crippen MR) is 83.1 cm³/mol. The highest BCUT2D eigenvalue weighted by Crippen LogP contribution is 2.32. The van der Waals surface area contributed by atoms with E-state index < -0.39 is 5.60 Å². The molecule has 0 saturated heterocycles. The summed E-state index contributed by atoms with van der Waals surface area (Å²) in [5.74, 6) is 0.352. The van der Waals surface area contributed by atoms with E-state index in [0.717, 1.165) is 23.7 Å². The van der Waals surface area contributed by atoms with Crippen molar-refractivity contribution in [1.82, 2.24) is 5.32 Å². The summed E-state index contributed by atoms with van der Waals surface area (Å²) in [5, 5.41) is 13.9. The molecule has 4 heteroatoms. The molecule has 112 valence electrons. The Hall–Kier alpha value is -0.450. The fourth-order valence-corrected chi connectivity index (χ4v) is 3.47. The molecule has 0 aliphatic heterocycles. The van der Waals surface area contributed by atoms with E-state index in [9.17, 15) is 9.50 Å². The Kier molecular flexibility index (Phi) is 5.21. The fraction of sp³-hybridized carbons (Fsp3) is 0.625. The standard InChI is InChI=1S/C16H23BrFNO/c1-11-4-3-7-16(20,9-11)10-19-12(2)14-8-13(17)5-6-15(14)18/h5-6,8,11-12,19-20H,3-4,7,9-10H2,1-2H3. The van der Waals surface area contributed by atoms with Gasteiger partial charge in [-0.25, -0.2) is 4.39 Å². The summed E-state index contributed by atoms with van der Waals surface area (Å²) >= 11 is 3.37. The third-order valence-electron chi connectivity index (χ3n) is 4.23. The Morgan fingerprint density at radius 3 is 3.00 bits per heavy atom. The van der Waals surface area contributed by atoms with Gasteiger partial charge in [-0.15, -0.1) is 0 Å². The van der Waals surface area contributed by atoms with Crippen molar-refractivity contribution in [3.63, 3.8) is 0 Å². The topological polar surface area (TPSA) is 32.3 Å². The van der Waals surface area contributed by atoms with Crippen molar-refractivity contribution in [2.24, 2.45) is 5.92 Å². The average molecular weight is 344 g/mol. The van der Waals surface area contributed by atoms with Crippen LogP contribution in [0.3, 0.4) is 0 Å². The predicted octanol–water partition coefficient (Wildman–Crippen LogP) is 4.18. The minimum absolute atomic E-state index is 0.117. The first-order valence-electron chi connectivity index (χ1n) is 7.30. The van der Waals surface area contributed by atoms with E-state index in [1.807, 2.05) is 6.92 Å². The van der Waals surface area contributed by atoms with E-state index in [4.69, 9.17) is 0 Å². The molecule has 1 aromatic carbocycles. The van der Waals surface area contributed by atoms with Gasteiger partial charge in [0, 0.05) is 22.6 Å². The zero-order valence-corrected chi connectivity index (χ0v) is 13.7. The molecular weight excluding hydrogens is 321 g/mol. The zero-order valence-electron chi connectivity index (χ0n) is 12.1. The second kappa shape index (κ2) is 6.54. The SMILES string of the molecule is CC1CCCC(O)(CNC(C)c2cc(Br)ccc2F)C1. The van der Waals surface area contributed by atoms with E-state index in [-0.39, 0.29) is 11.9 Å². The highest BCUT2D eigenvalue weighted by molar-refractivity contribution is 9.10. The van der Waals surface area contributed by atoms with Gasteiger partial charge in [-0.3, -0.25) is 0 Å². The summed E-state index contributed by atoms with van der Waals surface area (Å²) in [6.45, 7) is 4.63. The normalized spacial score (nSPS) is 28.4. The summed E-state index contributed by atoms with van der Waals surface area (Å²) < 4.78 is 14.7. The number of hydrogen-bond acceptors (Lipinski definition) is 2. The Morgan fingerprint density at radius 2 is 2.30 bits per heavy atom. The average Bonchev–Trinajstić information content (AvgIpc) is 2.39. The highest BCUT2D eigenvalue weighted by Gasteiger charge is 2.32. The van der Waals surface area contributed by atoms with E-state index in [2.05, 4.69) is 28.2 Å². The van der Waals surface area contributed by atoms with Gasteiger partial charge >= 0.3 is 0 Å². The maximum absolute atomic E-state index is 13.8. The van der Waals surface area contributed by atoms with Crippen LogP contribution in [0.5, 0.6) is 0 Å². The summed E-state index contributed by atoms with van der Waals surface area (Å²) in [5.41, 5.74) is -0.0131. The van der Waals surface area contributed by atoms with Crippen molar-refractivity contribution in [1.29, 1.82) is 0 Å². The van der Waals surface area contributed by atoms with Crippen LogP contribution in [-0.2, 0) is 0 Å². The molecule has 20 heavy (non-hydrogen) atoms. The molecule has 1 aromatic rings. The van der Waals surface area contributed by atoms with Crippen molar-refractivity contribution in [2.75, 3.05) is 6.54 Å². The second-order valence-electron chi connectivity index (χ2n) is 6.19. The lowest BCUT2D eigenvalue weighted by Crippen LogP contribution is -2.44. The Labute approximate surface area is 128 Å². The first-order valence-corrected chi connectivity index (χ1v) is 8.10. The molecule has 0 heterocycles. The Balaban J connectivity index is 1.97. The lowest BCUT2D eigenvalue weighted by molar-refractivity contribution is -0.0135. The molecule has 0 aromatic heterocycles. The second-order valence-corrected chi connectivity index (χ2v) is 7.11. The minimum atomic E-state index is -0.644. The quantitative estimate of drug-likeness (QED) is 0.859. The number of rotatable bonds is 4. The van der Waals surface area contributed by atoms with Gasteiger partial charge in [-0.05, 0) is 43.9 Å². The van der Waals surface area contributed by atoms with Crippen molar-refractivity contribution >= 4 is 15.9 Å². The van der Waals surface area contributed by atoms with Crippen molar-refractivity contribution in [3.8, 4) is 0 Å². The molecule has 1 saturated carbocycles. The lowest BCUT2D eigenvalue weighted by Gasteiger charge is -2.36. The summed E-state index contributed by atoms with van der Waals surface area (Å²) in [6, 6.07) is 4.84. The third-order valence-corrected chi connectivity index (χ3v) is 4.72. The Morgan fingerprint density at radius 1 is 1.55 bits per heavy atom. The number of aliphatic hydroxyl groups is 1. The largest absolute Gasteiger partial charge is 0.389 e. The number of nitrogens with one attached hydrogen (secondary N) is 1. The number of benzene rings is 1. The summed E-state index contributed by atoms with van der Waals surface area (Å²) in [6.07, 6.45) is 3.92. The van der Waals surface area contributed by atoms with Crippen LogP contribution in [0.4, 0.5) is 4.39 Å². The monoisotopic (exact) mass is 343 g/mol. The van der Waals surface area contributed by atoms with Crippen LogP contribution in [0.2, 0.25) is 0 Å². The van der Waals surface area contributed by atoms with E-state index in [1.54, 1.807) is 12.1 Å². The number of halogens is 2. The molecule has 1 aliphatic rings. The van der Waals surface area contributed by atoms with Crippen LogP contribution in [0, 0.1) is 11.7 Å². The molecule has 2 rings (SSSR count). The van der Waals surface area contributed by atoms with Gasteiger partial charge in [0.25, 0.3) is 0 Å². The smallest absolute Gasteiger partial charge is 0.128 e. The van der Waals surface area contributed by atoms with Crippen LogP contribution >= 0.6 is 15.9 Å². The minimum Gasteiger partial charge on any atom is -0.389 e. The van der Waals surface area contributed by atoms with E-state index >= 15 is 0 Å². The van der Waals surface area contributed by atoms with Crippen LogP contribution in [0.15, 0.2) is 22.7 Å². The molecule has 0 bridgehead atoms. The Bertz CT molecular complexity index is 468. The van der Waals surface area contributed by atoms with Crippen LogP contribution in [-0.4, -0.2) is 17.3 Å². The maximum Gasteiger partial charge on any atom is 0.128 e. The van der Waals surface area contributed by atoms with Gasteiger partial charge in [0.2, 0.25) is 0 Å². The van der Waals surface area contributed by atoms with Crippen LogP contribution in [0.25, 0.3) is 0 Å². The van der Waals surface area contributed by atoms with Crippen LogP contribution in [0.1, 0.15) is 51.1 Å². The molecule has 0 spiro atoms. The number of hydrogen-bond donors (Lipinski definition) is 2. The first kappa shape index (κ1) is 15.9. The molecule has 0 amide bonds. The first-order chi connectivity index (χ1) is 9.39. The van der Waals surface area contributed by atoms with Gasteiger partial charge in [0.1, 0.15) is 5.82 Å². The van der Waals surface area contributed by atoms with Crippen molar-refractivity contribution in [2.45, 2.75) is 51.2 Å². The van der Waals surface area contributed by atoms with Crippen LogP contribution < -0.4 is 5.32 Å². The van der Waals surface area contributed by atoms with Gasteiger partial charge in [0.05, 0.1) is 5.60 Å². The van der Waals surface area contributed by atoms with Gasteiger partial charge in [-0.2, -0.15) is 0 Å². The zero-order chi connectivity index (χ0) is 14.8. The fourth-order valence-electron chi connectivity index (χ4n) is 3.09. The van der Waals surface area contributed by atoms with E-state index in [1.165, 1.54) is 12.5 Å². The molecule has 0 radical (unpaired) electrons. The van der Waals surface area contributed by atoms with Gasteiger partial charge < -0.3 is 10.4 Å². The molecule has 1 fully saturated rings. The van der Waals surface area contributed by atoms with Gasteiger partial charge in [0.15, 0.2) is 0 Å². The molecular formula is C16H23BrFNO. The molecule has 1 aliphatic carbocycles. The lowest BCUT2D eigenvalue weighted by atomic mass is 9.79. The third kappa shape index (κ3) is 4.03. The molecule has 3 atom stereocenters. The highest BCUT2D eigenvalue weighted by atomic mass is 79.9. The van der Waals surface area contributed by atoms with Crippen molar-refractivity contribution in [3.05, 3.63) is 34.1 Å². The summed E-state index contributed by atoms with van der Waals surface area (Å²) in [4.78, 5) is 0.